The fourth-order valence-corrected chi connectivity index (χ4v) is 2.46. The van der Waals surface area contributed by atoms with Crippen LogP contribution in [0.3, 0.4) is 0 Å². The number of hydrogen-bond acceptors (Lipinski definition) is 6. The van der Waals surface area contributed by atoms with E-state index in [0.717, 1.165) is 5.47 Å². The van der Waals surface area contributed by atoms with Crippen molar-refractivity contribution >= 4 is 18.9 Å². The first kappa shape index (κ1) is 23.6. The minimum Gasteiger partial charge on any atom is -0.400 e. The summed E-state index contributed by atoms with van der Waals surface area (Å²) in [6.45, 7) is 7.91. The van der Waals surface area contributed by atoms with Crippen LogP contribution in [0.4, 0.5) is 0 Å². The largest absolute Gasteiger partial charge is 0.490 e. The standard InChI is InChI=1S/C18H33BN2O6/c1-17(2)18(3,4)27-19(26-17)14(12-13-16(23)21(6)25-8)10-9-11-15(22)20(5)24-7/h10H,9,11-13H2,1-8H3/b14-10+. The fraction of sp³-hybridized carbons (Fsp3) is 0.778. The maximum absolute atomic E-state index is 12.1. The van der Waals surface area contributed by atoms with Gasteiger partial charge in [0.25, 0.3) is 0 Å². The van der Waals surface area contributed by atoms with E-state index in [-0.39, 0.29) is 18.2 Å². The number of amides is 2. The summed E-state index contributed by atoms with van der Waals surface area (Å²) in [6.07, 6.45) is 3.42. The van der Waals surface area contributed by atoms with Crippen LogP contribution in [-0.2, 0) is 28.6 Å². The molecule has 0 unspecified atom stereocenters. The highest BCUT2D eigenvalue weighted by molar-refractivity contribution is 6.54. The van der Waals surface area contributed by atoms with E-state index in [1.165, 1.54) is 24.3 Å². The zero-order chi connectivity index (χ0) is 20.8. The first-order chi connectivity index (χ1) is 12.4. The molecular weight excluding hydrogens is 351 g/mol. The molecule has 1 saturated heterocycles. The van der Waals surface area contributed by atoms with Gasteiger partial charge < -0.3 is 9.31 Å². The number of carbonyl (C=O) groups excluding carboxylic acids is 2. The third kappa shape index (κ3) is 6.31. The Hall–Kier alpha value is -1.42. The normalized spacial score (nSPS) is 18.5. The van der Waals surface area contributed by atoms with Crippen molar-refractivity contribution in [1.29, 1.82) is 0 Å². The summed E-state index contributed by atoms with van der Waals surface area (Å²) < 4.78 is 12.2. The zero-order valence-electron chi connectivity index (χ0n) is 17.8. The van der Waals surface area contributed by atoms with Gasteiger partial charge in [-0.1, -0.05) is 6.08 Å². The molecule has 1 aliphatic rings. The molecule has 1 heterocycles. The van der Waals surface area contributed by atoms with Crippen molar-refractivity contribution < 1.29 is 28.6 Å². The van der Waals surface area contributed by atoms with Crippen molar-refractivity contribution in [1.82, 2.24) is 10.1 Å². The van der Waals surface area contributed by atoms with Gasteiger partial charge in [-0.25, -0.2) is 10.1 Å². The average molecular weight is 384 g/mol. The summed E-state index contributed by atoms with van der Waals surface area (Å²) in [5.41, 5.74) is -0.105. The van der Waals surface area contributed by atoms with Crippen LogP contribution in [0, 0.1) is 0 Å². The van der Waals surface area contributed by atoms with Crippen molar-refractivity contribution in [2.75, 3.05) is 28.3 Å². The molecule has 27 heavy (non-hydrogen) atoms. The lowest BCUT2D eigenvalue weighted by Crippen LogP contribution is -2.41. The highest BCUT2D eigenvalue weighted by atomic mass is 16.7. The predicted molar refractivity (Wildman–Crippen MR) is 102 cm³/mol. The third-order valence-corrected chi connectivity index (χ3v) is 5.20. The van der Waals surface area contributed by atoms with Crippen molar-refractivity contribution in [3.63, 3.8) is 0 Å². The van der Waals surface area contributed by atoms with Crippen LogP contribution in [-0.4, -0.2) is 68.6 Å². The molecule has 0 N–H and O–H groups in total. The van der Waals surface area contributed by atoms with E-state index in [4.69, 9.17) is 19.0 Å². The molecule has 0 aromatic rings. The molecule has 0 spiro atoms. The van der Waals surface area contributed by atoms with E-state index in [9.17, 15) is 9.59 Å². The Morgan fingerprint density at radius 2 is 1.33 bits per heavy atom. The highest BCUT2D eigenvalue weighted by Crippen LogP contribution is 2.39. The number of carbonyl (C=O) groups is 2. The van der Waals surface area contributed by atoms with E-state index in [1.807, 2.05) is 33.8 Å². The van der Waals surface area contributed by atoms with E-state index in [2.05, 4.69) is 0 Å². The van der Waals surface area contributed by atoms with Crippen LogP contribution < -0.4 is 0 Å². The number of allylic oxidation sites excluding steroid dienone is 2. The Morgan fingerprint density at radius 1 is 0.889 bits per heavy atom. The summed E-state index contributed by atoms with van der Waals surface area (Å²) in [5, 5.41) is 2.39. The van der Waals surface area contributed by atoms with Gasteiger partial charge in [-0.05, 0) is 46.0 Å². The highest BCUT2D eigenvalue weighted by Gasteiger charge is 2.52. The first-order valence-electron chi connectivity index (χ1n) is 9.11. The van der Waals surface area contributed by atoms with Crippen molar-refractivity contribution in [3.05, 3.63) is 11.5 Å². The Morgan fingerprint density at radius 3 is 1.78 bits per heavy atom. The predicted octanol–water partition coefficient (Wildman–Crippen LogP) is 2.14. The summed E-state index contributed by atoms with van der Waals surface area (Å²) in [6, 6.07) is 0. The molecule has 9 heteroatoms. The lowest BCUT2D eigenvalue weighted by Gasteiger charge is -2.32. The van der Waals surface area contributed by atoms with Crippen LogP contribution in [0.5, 0.6) is 0 Å². The number of nitrogens with zero attached hydrogens (tertiary/aromatic N) is 2. The number of hydroxylamine groups is 4. The van der Waals surface area contributed by atoms with Crippen LogP contribution >= 0.6 is 0 Å². The topological polar surface area (TPSA) is 77.5 Å². The van der Waals surface area contributed by atoms with Crippen molar-refractivity contribution in [2.45, 2.75) is 64.6 Å². The van der Waals surface area contributed by atoms with E-state index >= 15 is 0 Å². The van der Waals surface area contributed by atoms with Gasteiger partial charge in [0.15, 0.2) is 0 Å². The lowest BCUT2D eigenvalue weighted by atomic mass is 9.74. The van der Waals surface area contributed by atoms with Gasteiger partial charge >= 0.3 is 7.12 Å². The number of rotatable bonds is 9. The molecule has 1 fully saturated rings. The molecular formula is C18H33BN2O6. The number of hydrogen-bond donors (Lipinski definition) is 0. The quantitative estimate of drug-likeness (QED) is 0.448. The minimum absolute atomic E-state index is 0.128. The molecule has 0 aliphatic carbocycles. The van der Waals surface area contributed by atoms with Gasteiger partial charge in [0, 0.05) is 26.9 Å². The molecule has 154 valence electrons. The minimum atomic E-state index is -0.550. The maximum atomic E-state index is 12.1. The molecule has 0 radical (unpaired) electrons. The van der Waals surface area contributed by atoms with Gasteiger partial charge in [0.1, 0.15) is 0 Å². The van der Waals surface area contributed by atoms with Gasteiger partial charge in [-0.2, -0.15) is 0 Å². The lowest BCUT2D eigenvalue weighted by molar-refractivity contribution is -0.169. The Labute approximate surface area is 162 Å². The molecule has 1 aliphatic heterocycles. The molecule has 0 aromatic heterocycles. The average Bonchev–Trinajstić information content (AvgIpc) is 2.83. The monoisotopic (exact) mass is 384 g/mol. The summed E-state index contributed by atoms with van der Waals surface area (Å²) in [5.74, 6) is -0.271. The summed E-state index contributed by atoms with van der Waals surface area (Å²) >= 11 is 0. The Bertz CT molecular complexity index is 548. The second-order valence-corrected chi connectivity index (χ2v) is 7.55. The maximum Gasteiger partial charge on any atom is 0.490 e. The molecule has 0 saturated carbocycles. The molecule has 0 aromatic carbocycles. The first-order valence-corrected chi connectivity index (χ1v) is 9.11. The SMILES string of the molecule is CON(C)C(=O)CC/C=C(\CCC(=O)N(C)OC)B1OC(C)(C)C(C)(C)O1. The van der Waals surface area contributed by atoms with Crippen LogP contribution in [0.2, 0.25) is 0 Å². The van der Waals surface area contributed by atoms with Crippen LogP contribution in [0.15, 0.2) is 11.5 Å². The van der Waals surface area contributed by atoms with E-state index in [0.29, 0.717) is 19.3 Å². The van der Waals surface area contributed by atoms with E-state index < -0.39 is 18.3 Å². The van der Waals surface area contributed by atoms with Gasteiger partial charge in [-0.15, -0.1) is 0 Å². The van der Waals surface area contributed by atoms with Crippen molar-refractivity contribution in [2.24, 2.45) is 0 Å². The molecule has 8 nitrogen and oxygen atoms in total. The second kappa shape index (κ2) is 9.68. The van der Waals surface area contributed by atoms with Crippen LogP contribution in [0.25, 0.3) is 0 Å². The van der Waals surface area contributed by atoms with Crippen molar-refractivity contribution in [3.8, 4) is 0 Å². The molecule has 2 amide bonds. The Balaban J connectivity index is 2.85. The van der Waals surface area contributed by atoms with Gasteiger partial charge in [0.2, 0.25) is 11.8 Å². The molecule has 0 atom stereocenters. The second-order valence-electron chi connectivity index (χ2n) is 7.55. The van der Waals surface area contributed by atoms with E-state index in [1.54, 1.807) is 14.1 Å². The van der Waals surface area contributed by atoms with Crippen LogP contribution in [0.1, 0.15) is 53.4 Å². The summed E-state index contributed by atoms with van der Waals surface area (Å²) in [7, 11) is 5.48. The molecule has 1 rings (SSSR count). The van der Waals surface area contributed by atoms with Gasteiger partial charge in [-0.3, -0.25) is 19.3 Å². The molecule has 0 bridgehead atoms. The Kier molecular flexibility index (Phi) is 8.47. The smallest absolute Gasteiger partial charge is 0.400 e. The fourth-order valence-electron chi connectivity index (χ4n) is 2.46. The summed E-state index contributed by atoms with van der Waals surface area (Å²) in [4.78, 5) is 33.8. The zero-order valence-corrected chi connectivity index (χ0v) is 17.8. The van der Waals surface area contributed by atoms with Gasteiger partial charge in [0.05, 0.1) is 25.4 Å². The third-order valence-electron chi connectivity index (χ3n) is 5.20.